The second-order valence-electron chi connectivity index (χ2n) is 4.98. The average molecular weight is 420 g/mol. The molecular weight excluding hydrogens is 407 g/mol. The van der Waals surface area contributed by atoms with Gasteiger partial charge in [-0.25, -0.2) is 0 Å². The molecule has 0 fully saturated rings. The monoisotopic (exact) mass is 418 g/mol. The van der Waals surface area contributed by atoms with Crippen molar-refractivity contribution in [3.05, 3.63) is 72.7 Å². The molecule has 0 saturated carbocycles. The fourth-order valence-electron chi connectivity index (χ4n) is 1.95. The molecule has 0 saturated heterocycles. The third-order valence-electron chi connectivity index (χ3n) is 3.19. The normalized spacial score (nSPS) is 10.5. The molecule has 1 N–H and O–H groups in total. The van der Waals surface area contributed by atoms with Crippen LogP contribution in [0.15, 0.2) is 36.4 Å². The molecule has 0 spiro atoms. The van der Waals surface area contributed by atoms with Crippen LogP contribution in [0.5, 0.6) is 0 Å². The van der Waals surface area contributed by atoms with E-state index in [0.29, 0.717) is 22.3 Å². The Morgan fingerprint density at radius 3 is 2.48 bits per heavy atom. The molecule has 1 amide bonds. The maximum atomic E-state index is 12.1. The van der Waals surface area contributed by atoms with Crippen LogP contribution in [0, 0.1) is 10.1 Å². The number of carbonyl (C=O) groups excluding carboxylic acids is 1. The van der Waals surface area contributed by atoms with Gasteiger partial charge in [0, 0.05) is 30.2 Å². The summed E-state index contributed by atoms with van der Waals surface area (Å²) < 4.78 is 0. The van der Waals surface area contributed by atoms with Crippen molar-refractivity contribution in [1.82, 2.24) is 5.32 Å². The number of thioether (sulfide) groups is 1. The third-order valence-corrected chi connectivity index (χ3v) is 5.29. The topological polar surface area (TPSA) is 72.2 Å². The van der Waals surface area contributed by atoms with Crippen molar-refractivity contribution in [2.24, 2.45) is 0 Å². The van der Waals surface area contributed by atoms with Crippen molar-refractivity contribution >= 4 is 58.2 Å². The van der Waals surface area contributed by atoms with E-state index in [0.717, 1.165) is 11.3 Å². The molecule has 5 nitrogen and oxygen atoms in total. The smallest absolute Gasteiger partial charge is 0.270 e. The van der Waals surface area contributed by atoms with E-state index in [-0.39, 0.29) is 16.3 Å². The van der Waals surface area contributed by atoms with Crippen molar-refractivity contribution in [2.45, 2.75) is 5.75 Å². The molecule has 0 radical (unpaired) electrons. The average Bonchev–Trinajstić information content (AvgIpc) is 2.57. The van der Waals surface area contributed by atoms with Crippen molar-refractivity contribution in [2.75, 3.05) is 12.3 Å². The molecule has 0 heterocycles. The zero-order chi connectivity index (χ0) is 18.4. The summed E-state index contributed by atoms with van der Waals surface area (Å²) in [6, 6.07) is 9.20. The molecule has 132 valence electrons. The van der Waals surface area contributed by atoms with E-state index in [1.807, 2.05) is 6.07 Å². The minimum atomic E-state index is -0.569. The molecule has 0 atom stereocenters. The van der Waals surface area contributed by atoms with Crippen molar-refractivity contribution < 1.29 is 9.72 Å². The highest BCUT2D eigenvalue weighted by Crippen LogP contribution is 2.25. The van der Waals surface area contributed by atoms with E-state index < -0.39 is 10.8 Å². The van der Waals surface area contributed by atoms with Crippen LogP contribution in [0.4, 0.5) is 5.69 Å². The first kappa shape index (κ1) is 19.8. The Morgan fingerprint density at radius 1 is 1.08 bits per heavy atom. The maximum Gasteiger partial charge on any atom is 0.270 e. The maximum absolute atomic E-state index is 12.1. The number of non-ortho nitro benzene ring substituents is 1. The lowest BCUT2D eigenvalue weighted by Gasteiger charge is -2.07. The van der Waals surface area contributed by atoms with Gasteiger partial charge in [-0.1, -0.05) is 40.9 Å². The predicted molar refractivity (Wildman–Crippen MR) is 103 cm³/mol. The lowest BCUT2D eigenvalue weighted by atomic mass is 10.2. The first-order valence-corrected chi connectivity index (χ1v) is 9.41. The van der Waals surface area contributed by atoms with E-state index in [1.54, 1.807) is 23.9 Å². The Hall–Kier alpha value is -1.47. The van der Waals surface area contributed by atoms with Crippen LogP contribution in [0.1, 0.15) is 15.9 Å². The highest BCUT2D eigenvalue weighted by Gasteiger charge is 2.15. The van der Waals surface area contributed by atoms with Gasteiger partial charge in [-0.2, -0.15) is 11.8 Å². The fraction of sp³-hybridized carbons (Fsp3) is 0.188. The molecular formula is C16H13Cl3N2O3S. The number of nitro benzene ring substituents is 1. The summed E-state index contributed by atoms with van der Waals surface area (Å²) in [4.78, 5) is 22.3. The SMILES string of the molecule is O=C(NCCSCc1ccc(Cl)c(Cl)c1)c1cc([N+](=O)[O-])ccc1Cl. The van der Waals surface area contributed by atoms with Gasteiger partial charge in [0.15, 0.2) is 0 Å². The summed E-state index contributed by atoms with van der Waals surface area (Å²) in [5, 5.41) is 14.7. The number of hydrogen-bond acceptors (Lipinski definition) is 4. The first-order chi connectivity index (χ1) is 11.9. The van der Waals surface area contributed by atoms with Gasteiger partial charge in [0.2, 0.25) is 0 Å². The van der Waals surface area contributed by atoms with E-state index in [1.165, 1.54) is 18.2 Å². The Morgan fingerprint density at radius 2 is 1.80 bits per heavy atom. The first-order valence-electron chi connectivity index (χ1n) is 7.12. The van der Waals surface area contributed by atoms with E-state index >= 15 is 0 Å². The highest BCUT2D eigenvalue weighted by atomic mass is 35.5. The molecule has 0 aliphatic carbocycles. The summed E-state index contributed by atoms with van der Waals surface area (Å²) in [7, 11) is 0. The van der Waals surface area contributed by atoms with Gasteiger partial charge in [0.05, 0.1) is 25.6 Å². The number of nitro groups is 1. The minimum absolute atomic E-state index is 0.0883. The van der Waals surface area contributed by atoms with E-state index in [4.69, 9.17) is 34.8 Å². The number of benzene rings is 2. The van der Waals surface area contributed by atoms with Crippen molar-refractivity contribution in [1.29, 1.82) is 0 Å². The number of hydrogen-bond donors (Lipinski definition) is 1. The van der Waals surface area contributed by atoms with Crippen LogP contribution in [0.25, 0.3) is 0 Å². The van der Waals surface area contributed by atoms with Gasteiger partial charge in [-0.05, 0) is 23.8 Å². The van der Waals surface area contributed by atoms with Crippen LogP contribution < -0.4 is 5.32 Å². The number of rotatable bonds is 7. The molecule has 25 heavy (non-hydrogen) atoms. The lowest BCUT2D eigenvalue weighted by molar-refractivity contribution is -0.384. The van der Waals surface area contributed by atoms with Crippen LogP contribution in [0.2, 0.25) is 15.1 Å². The zero-order valence-corrected chi connectivity index (χ0v) is 15.9. The number of amides is 1. The molecule has 0 unspecified atom stereocenters. The number of carbonyl (C=O) groups is 1. The molecule has 9 heteroatoms. The van der Waals surface area contributed by atoms with Crippen molar-refractivity contribution in [3.8, 4) is 0 Å². The predicted octanol–water partition coefficient (Wildman–Crippen LogP) is 5.22. The van der Waals surface area contributed by atoms with Gasteiger partial charge >= 0.3 is 0 Å². The third kappa shape index (κ3) is 5.78. The van der Waals surface area contributed by atoms with Gasteiger partial charge in [-0.15, -0.1) is 0 Å². The summed E-state index contributed by atoms with van der Waals surface area (Å²) in [6.07, 6.45) is 0. The van der Waals surface area contributed by atoms with E-state index in [2.05, 4.69) is 5.32 Å². The second-order valence-corrected chi connectivity index (χ2v) is 7.30. The molecule has 2 aromatic carbocycles. The molecule has 0 aliphatic heterocycles. The Bertz CT molecular complexity index is 802. The number of halogens is 3. The number of nitrogens with one attached hydrogen (secondary N) is 1. The summed E-state index contributed by atoms with van der Waals surface area (Å²) in [6.45, 7) is 0.407. The molecule has 2 rings (SSSR count). The lowest BCUT2D eigenvalue weighted by Crippen LogP contribution is -2.26. The quantitative estimate of drug-likeness (QED) is 0.379. The van der Waals surface area contributed by atoms with Gasteiger partial charge < -0.3 is 5.32 Å². The Kier molecular flexibility index (Phi) is 7.38. The minimum Gasteiger partial charge on any atom is -0.351 e. The molecule has 0 aromatic heterocycles. The van der Waals surface area contributed by atoms with Crippen LogP contribution in [0.3, 0.4) is 0 Å². The summed E-state index contributed by atoms with van der Waals surface area (Å²) in [5.41, 5.74) is 0.946. The van der Waals surface area contributed by atoms with Crippen LogP contribution >= 0.6 is 46.6 Å². The van der Waals surface area contributed by atoms with Gasteiger partial charge in [0.25, 0.3) is 11.6 Å². The summed E-state index contributed by atoms with van der Waals surface area (Å²) >= 11 is 19.4. The fourth-order valence-corrected chi connectivity index (χ4v) is 3.28. The molecule has 2 aromatic rings. The highest BCUT2D eigenvalue weighted by molar-refractivity contribution is 7.98. The van der Waals surface area contributed by atoms with E-state index in [9.17, 15) is 14.9 Å². The largest absolute Gasteiger partial charge is 0.351 e. The molecule has 0 bridgehead atoms. The zero-order valence-electron chi connectivity index (χ0n) is 12.8. The summed E-state index contributed by atoms with van der Waals surface area (Å²) in [5.74, 6) is 0.951. The van der Waals surface area contributed by atoms with Gasteiger partial charge in [-0.3, -0.25) is 14.9 Å². The standard InChI is InChI=1S/C16H13Cl3N2O3S/c17-13-4-2-11(21(23)24)8-12(13)16(22)20-5-6-25-9-10-1-3-14(18)15(19)7-10/h1-4,7-8H,5-6,9H2,(H,20,22). The van der Waals surface area contributed by atoms with Crippen LogP contribution in [-0.2, 0) is 5.75 Å². The van der Waals surface area contributed by atoms with Gasteiger partial charge in [0.1, 0.15) is 0 Å². The van der Waals surface area contributed by atoms with Crippen LogP contribution in [-0.4, -0.2) is 23.1 Å². The van der Waals surface area contributed by atoms with Crippen molar-refractivity contribution in [3.63, 3.8) is 0 Å². The second kappa shape index (κ2) is 9.29. The Labute approximate surface area is 163 Å². The number of nitrogens with zero attached hydrogens (tertiary/aromatic N) is 1. The molecule has 0 aliphatic rings. The Balaban J connectivity index is 1.81.